The molecule has 0 aliphatic rings. The molecule has 0 aromatic carbocycles. The Morgan fingerprint density at radius 1 is 1.44 bits per heavy atom. The average molecular weight is 217 g/mol. The normalized spacial score (nSPS) is 10.3. The van der Waals surface area contributed by atoms with Gasteiger partial charge in [-0.2, -0.15) is 0 Å². The highest BCUT2D eigenvalue weighted by atomic mass is 16.4. The van der Waals surface area contributed by atoms with Gasteiger partial charge in [0.1, 0.15) is 5.76 Å². The summed E-state index contributed by atoms with van der Waals surface area (Å²) >= 11 is 0. The third kappa shape index (κ3) is 1.95. The number of nitrogens with zero attached hydrogens (tertiary/aromatic N) is 1. The van der Waals surface area contributed by atoms with E-state index in [0.29, 0.717) is 5.76 Å². The summed E-state index contributed by atoms with van der Waals surface area (Å²) in [6.07, 6.45) is 4.90. The molecule has 0 saturated heterocycles. The maximum absolute atomic E-state index is 10.7. The molecule has 2 aromatic heterocycles. The third-order valence-corrected chi connectivity index (χ3v) is 2.42. The molecule has 0 atom stereocenters. The number of pyridine rings is 1. The van der Waals surface area contributed by atoms with Crippen molar-refractivity contribution in [2.75, 3.05) is 0 Å². The summed E-state index contributed by atoms with van der Waals surface area (Å²) in [6.45, 7) is 1.77. The monoisotopic (exact) mass is 217 g/mol. The summed E-state index contributed by atoms with van der Waals surface area (Å²) in [6, 6.07) is 3.66. The second-order valence-electron chi connectivity index (χ2n) is 3.49. The first-order valence-corrected chi connectivity index (χ1v) is 4.87. The van der Waals surface area contributed by atoms with Crippen LogP contribution in [0.5, 0.6) is 0 Å². The van der Waals surface area contributed by atoms with Crippen molar-refractivity contribution >= 4 is 5.97 Å². The van der Waals surface area contributed by atoms with Gasteiger partial charge in [0.15, 0.2) is 0 Å². The Hall–Kier alpha value is -2.10. The summed E-state index contributed by atoms with van der Waals surface area (Å²) in [5, 5.41) is 8.83. The van der Waals surface area contributed by atoms with Crippen LogP contribution in [-0.4, -0.2) is 16.1 Å². The lowest BCUT2D eigenvalue weighted by molar-refractivity contribution is -0.136. The predicted octanol–water partition coefficient (Wildman–Crippen LogP) is 2.28. The molecule has 0 spiro atoms. The van der Waals surface area contributed by atoms with Crippen molar-refractivity contribution in [3.8, 4) is 11.1 Å². The summed E-state index contributed by atoms with van der Waals surface area (Å²) in [5.41, 5.74) is 2.46. The topological polar surface area (TPSA) is 63.3 Å². The van der Waals surface area contributed by atoms with E-state index in [1.807, 2.05) is 12.1 Å². The zero-order valence-electron chi connectivity index (χ0n) is 8.80. The Morgan fingerprint density at radius 2 is 2.12 bits per heavy atom. The van der Waals surface area contributed by atoms with E-state index < -0.39 is 5.97 Å². The Kier molecular flexibility index (Phi) is 2.72. The standard InChI is InChI=1S/C12H11NO3/c1-8-10(6-12(14)15)11(7-16-8)9-2-4-13-5-3-9/h2-5,7H,6H2,1H3,(H,14,15). The Morgan fingerprint density at radius 3 is 2.75 bits per heavy atom. The van der Waals surface area contributed by atoms with Crippen LogP contribution in [-0.2, 0) is 11.2 Å². The number of aliphatic carboxylic acids is 1. The molecular formula is C12H11NO3. The molecule has 0 aliphatic carbocycles. The number of carbonyl (C=O) groups is 1. The highest BCUT2D eigenvalue weighted by Crippen LogP contribution is 2.27. The molecule has 0 bridgehead atoms. The molecule has 0 aliphatic heterocycles. The Bertz CT molecular complexity index is 502. The molecule has 2 aromatic rings. The molecule has 0 radical (unpaired) electrons. The van der Waals surface area contributed by atoms with Crippen molar-refractivity contribution in [2.24, 2.45) is 0 Å². The Balaban J connectivity index is 2.46. The molecule has 2 rings (SSSR count). The average Bonchev–Trinajstić information content (AvgIpc) is 2.61. The summed E-state index contributed by atoms with van der Waals surface area (Å²) in [5.74, 6) is -0.214. The molecule has 4 heteroatoms. The summed E-state index contributed by atoms with van der Waals surface area (Å²) in [7, 11) is 0. The van der Waals surface area contributed by atoms with Crippen molar-refractivity contribution in [1.29, 1.82) is 0 Å². The number of hydrogen-bond donors (Lipinski definition) is 1. The van der Waals surface area contributed by atoms with Crippen LogP contribution in [0.15, 0.2) is 35.2 Å². The molecule has 0 unspecified atom stereocenters. The number of carboxylic acid groups (broad SMARTS) is 1. The van der Waals surface area contributed by atoms with E-state index in [-0.39, 0.29) is 6.42 Å². The quantitative estimate of drug-likeness (QED) is 0.856. The molecule has 82 valence electrons. The largest absolute Gasteiger partial charge is 0.481 e. The maximum Gasteiger partial charge on any atom is 0.307 e. The van der Waals surface area contributed by atoms with Gasteiger partial charge in [-0.05, 0) is 24.6 Å². The number of hydrogen-bond acceptors (Lipinski definition) is 3. The minimum absolute atomic E-state index is 0.0278. The smallest absolute Gasteiger partial charge is 0.307 e. The molecule has 4 nitrogen and oxygen atoms in total. The minimum Gasteiger partial charge on any atom is -0.481 e. The fourth-order valence-corrected chi connectivity index (χ4v) is 1.62. The van der Waals surface area contributed by atoms with Gasteiger partial charge in [-0.25, -0.2) is 0 Å². The van der Waals surface area contributed by atoms with Gasteiger partial charge in [-0.15, -0.1) is 0 Å². The number of aromatic nitrogens is 1. The van der Waals surface area contributed by atoms with Crippen LogP contribution in [0.2, 0.25) is 0 Å². The molecule has 0 saturated carbocycles. The fourth-order valence-electron chi connectivity index (χ4n) is 1.62. The van der Waals surface area contributed by atoms with Gasteiger partial charge in [0, 0.05) is 23.5 Å². The molecule has 0 amide bonds. The van der Waals surface area contributed by atoms with Crippen LogP contribution in [0.25, 0.3) is 11.1 Å². The van der Waals surface area contributed by atoms with Crippen LogP contribution in [0.4, 0.5) is 0 Å². The van der Waals surface area contributed by atoms with E-state index >= 15 is 0 Å². The molecule has 1 N–H and O–H groups in total. The van der Waals surface area contributed by atoms with E-state index in [1.54, 1.807) is 25.6 Å². The fraction of sp³-hybridized carbons (Fsp3) is 0.167. The maximum atomic E-state index is 10.7. The van der Waals surface area contributed by atoms with Gasteiger partial charge in [0.05, 0.1) is 12.7 Å². The number of aryl methyl sites for hydroxylation is 1. The highest BCUT2D eigenvalue weighted by Gasteiger charge is 2.14. The van der Waals surface area contributed by atoms with Crippen LogP contribution in [0.1, 0.15) is 11.3 Å². The van der Waals surface area contributed by atoms with E-state index in [2.05, 4.69) is 4.98 Å². The first kappa shape index (κ1) is 10.4. The van der Waals surface area contributed by atoms with Gasteiger partial charge in [-0.3, -0.25) is 9.78 Å². The van der Waals surface area contributed by atoms with E-state index in [9.17, 15) is 4.79 Å². The molecular weight excluding hydrogens is 206 g/mol. The molecule has 0 fully saturated rings. The van der Waals surface area contributed by atoms with Gasteiger partial charge in [-0.1, -0.05) is 0 Å². The van der Waals surface area contributed by atoms with Gasteiger partial charge < -0.3 is 9.52 Å². The summed E-state index contributed by atoms with van der Waals surface area (Å²) < 4.78 is 5.27. The SMILES string of the molecule is Cc1occ(-c2ccncc2)c1CC(=O)O. The van der Waals surface area contributed by atoms with Gasteiger partial charge in [0.2, 0.25) is 0 Å². The van der Waals surface area contributed by atoms with Crippen molar-refractivity contribution in [3.05, 3.63) is 42.1 Å². The highest BCUT2D eigenvalue weighted by molar-refractivity contribution is 5.76. The van der Waals surface area contributed by atoms with Gasteiger partial charge >= 0.3 is 5.97 Å². The van der Waals surface area contributed by atoms with Crippen molar-refractivity contribution in [3.63, 3.8) is 0 Å². The molecule has 16 heavy (non-hydrogen) atoms. The zero-order chi connectivity index (χ0) is 11.5. The van der Waals surface area contributed by atoms with Crippen LogP contribution in [0, 0.1) is 6.92 Å². The van der Waals surface area contributed by atoms with Crippen molar-refractivity contribution in [2.45, 2.75) is 13.3 Å². The predicted molar refractivity (Wildman–Crippen MR) is 58.0 cm³/mol. The van der Waals surface area contributed by atoms with Crippen LogP contribution in [0.3, 0.4) is 0 Å². The second-order valence-corrected chi connectivity index (χ2v) is 3.49. The lowest BCUT2D eigenvalue weighted by atomic mass is 10.0. The van der Waals surface area contributed by atoms with Crippen molar-refractivity contribution < 1.29 is 14.3 Å². The summed E-state index contributed by atoms with van der Waals surface area (Å²) in [4.78, 5) is 14.7. The first-order chi connectivity index (χ1) is 7.68. The van der Waals surface area contributed by atoms with Crippen LogP contribution >= 0.6 is 0 Å². The van der Waals surface area contributed by atoms with Crippen LogP contribution < -0.4 is 0 Å². The number of furan rings is 1. The third-order valence-electron chi connectivity index (χ3n) is 2.42. The number of carboxylic acids is 1. The second kappa shape index (κ2) is 4.18. The van der Waals surface area contributed by atoms with Gasteiger partial charge in [0.25, 0.3) is 0 Å². The molecule has 2 heterocycles. The van der Waals surface area contributed by atoms with Crippen molar-refractivity contribution in [1.82, 2.24) is 4.98 Å². The lowest BCUT2D eigenvalue weighted by Crippen LogP contribution is -2.01. The Labute approximate surface area is 92.6 Å². The van der Waals surface area contributed by atoms with E-state index in [0.717, 1.165) is 16.7 Å². The van der Waals surface area contributed by atoms with E-state index in [4.69, 9.17) is 9.52 Å². The number of rotatable bonds is 3. The first-order valence-electron chi connectivity index (χ1n) is 4.87. The van der Waals surface area contributed by atoms with E-state index in [1.165, 1.54) is 0 Å². The minimum atomic E-state index is -0.861. The lowest BCUT2D eigenvalue weighted by Gasteiger charge is -2.00. The zero-order valence-corrected chi connectivity index (χ0v) is 8.80.